The van der Waals surface area contributed by atoms with Gasteiger partial charge in [0.25, 0.3) is 0 Å². The van der Waals surface area contributed by atoms with Crippen molar-refractivity contribution in [3.05, 3.63) is 53.6 Å². The van der Waals surface area contributed by atoms with Gasteiger partial charge in [0.05, 0.1) is 5.56 Å². The average Bonchev–Trinajstić information content (AvgIpc) is 3.19. The van der Waals surface area contributed by atoms with Gasteiger partial charge in [-0.25, -0.2) is 0 Å². The number of likely N-dealkylation sites (N-methyl/N-ethyl adjacent to an activating group) is 1. The van der Waals surface area contributed by atoms with Gasteiger partial charge in [-0.15, -0.1) is 0 Å². The van der Waals surface area contributed by atoms with Crippen LogP contribution in [-0.2, 0) is 6.54 Å². The van der Waals surface area contributed by atoms with E-state index in [1.165, 1.54) is 5.56 Å². The number of ether oxygens (including phenoxy) is 3. The second-order valence-corrected chi connectivity index (χ2v) is 7.28. The van der Waals surface area contributed by atoms with Crippen molar-refractivity contribution in [3.8, 4) is 17.2 Å². The summed E-state index contributed by atoms with van der Waals surface area (Å²) in [5.74, 6) is 2.56. The van der Waals surface area contributed by atoms with Gasteiger partial charge in [0.2, 0.25) is 6.79 Å². The summed E-state index contributed by atoms with van der Waals surface area (Å²) in [6.07, 6.45) is 0.935. The largest absolute Gasteiger partial charge is 0.485 e. The second-order valence-electron chi connectivity index (χ2n) is 7.28. The fraction of sp³-hybridized carbons (Fsp3) is 0.455. The Kier molecular flexibility index (Phi) is 5.50. The number of hydrogen-bond donors (Lipinski definition) is 0. The number of fused-ring (bicyclic) bond motifs is 1. The third kappa shape index (κ3) is 4.04. The molecule has 0 aliphatic carbocycles. The standard InChI is InChI=1S/C22H28N2O3/c1-3-19(17-7-5-4-6-8-17)27-20-9-10-21-22(26-16-25-21)18(20)15-24-13-11-23(2)12-14-24/h4-10,19H,3,11-16H2,1-2H3. The van der Waals surface area contributed by atoms with Crippen LogP contribution in [0.25, 0.3) is 0 Å². The number of rotatable bonds is 6. The van der Waals surface area contributed by atoms with Gasteiger partial charge in [-0.05, 0) is 31.2 Å². The van der Waals surface area contributed by atoms with Crippen LogP contribution in [0.1, 0.15) is 30.6 Å². The number of piperazine rings is 1. The highest BCUT2D eigenvalue weighted by Crippen LogP contribution is 2.43. The summed E-state index contributed by atoms with van der Waals surface area (Å²) in [7, 11) is 2.18. The van der Waals surface area contributed by atoms with Crippen LogP contribution in [0.2, 0.25) is 0 Å². The fourth-order valence-electron chi connectivity index (χ4n) is 3.71. The van der Waals surface area contributed by atoms with Crippen LogP contribution >= 0.6 is 0 Å². The molecule has 0 spiro atoms. The van der Waals surface area contributed by atoms with E-state index < -0.39 is 0 Å². The van der Waals surface area contributed by atoms with E-state index in [-0.39, 0.29) is 12.9 Å². The first-order chi connectivity index (χ1) is 13.2. The Balaban J connectivity index is 1.60. The molecule has 1 unspecified atom stereocenters. The van der Waals surface area contributed by atoms with Gasteiger partial charge in [-0.1, -0.05) is 37.3 Å². The normalized spacial score (nSPS) is 18.4. The van der Waals surface area contributed by atoms with E-state index in [1.54, 1.807) is 0 Å². The lowest BCUT2D eigenvalue weighted by molar-refractivity contribution is 0.140. The highest BCUT2D eigenvalue weighted by Gasteiger charge is 2.26. The average molecular weight is 368 g/mol. The van der Waals surface area contributed by atoms with E-state index in [0.717, 1.165) is 62.0 Å². The maximum Gasteiger partial charge on any atom is 0.231 e. The van der Waals surface area contributed by atoms with Crippen molar-refractivity contribution in [1.29, 1.82) is 0 Å². The zero-order valence-electron chi connectivity index (χ0n) is 16.2. The van der Waals surface area contributed by atoms with Crippen LogP contribution in [0.4, 0.5) is 0 Å². The molecular weight excluding hydrogens is 340 g/mol. The molecule has 2 aromatic rings. The van der Waals surface area contributed by atoms with Crippen LogP contribution in [0, 0.1) is 0 Å². The molecule has 0 bridgehead atoms. The molecule has 5 heteroatoms. The summed E-state index contributed by atoms with van der Waals surface area (Å²) in [4.78, 5) is 4.83. The van der Waals surface area contributed by atoms with Crippen molar-refractivity contribution in [3.63, 3.8) is 0 Å². The van der Waals surface area contributed by atoms with Gasteiger partial charge in [0, 0.05) is 32.7 Å². The van der Waals surface area contributed by atoms with E-state index in [2.05, 4.69) is 48.0 Å². The third-order valence-electron chi connectivity index (χ3n) is 5.39. The van der Waals surface area contributed by atoms with E-state index >= 15 is 0 Å². The van der Waals surface area contributed by atoms with Crippen LogP contribution in [0.5, 0.6) is 17.2 Å². The molecule has 0 amide bonds. The summed E-state index contributed by atoms with van der Waals surface area (Å²) in [5.41, 5.74) is 2.30. The molecule has 2 aromatic carbocycles. The molecule has 1 saturated heterocycles. The van der Waals surface area contributed by atoms with Gasteiger partial charge in [0.15, 0.2) is 11.5 Å². The minimum Gasteiger partial charge on any atom is -0.485 e. The van der Waals surface area contributed by atoms with E-state index in [0.29, 0.717) is 0 Å². The summed E-state index contributed by atoms with van der Waals surface area (Å²) in [6.45, 7) is 7.54. The van der Waals surface area contributed by atoms with Gasteiger partial charge < -0.3 is 19.1 Å². The quantitative estimate of drug-likeness (QED) is 0.777. The molecule has 2 aliphatic rings. The van der Waals surface area contributed by atoms with Crippen LogP contribution in [0.3, 0.4) is 0 Å². The smallest absolute Gasteiger partial charge is 0.231 e. The zero-order valence-corrected chi connectivity index (χ0v) is 16.2. The minimum absolute atomic E-state index is 0.0258. The van der Waals surface area contributed by atoms with Crippen molar-refractivity contribution in [1.82, 2.24) is 9.80 Å². The Hall–Kier alpha value is -2.24. The molecule has 4 rings (SSSR count). The molecule has 0 saturated carbocycles. The van der Waals surface area contributed by atoms with Crippen molar-refractivity contribution in [2.45, 2.75) is 26.0 Å². The fourth-order valence-corrected chi connectivity index (χ4v) is 3.71. The lowest BCUT2D eigenvalue weighted by atomic mass is 10.1. The van der Waals surface area contributed by atoms with Gasteiger partial charge in [0.1, 0.15) is 11.9 Å². The molecule has 0 aromatic heterocycles. The minimum atomic E-state index is 0.0258. The predicted octanol–water partition coefficient (Wildman–Crippen LogP) is 3.69. The van der Waals surface area contributed by atoms with Crippen LogP contribution in [-0.4, -0.2) is 49.8 Å². The highest BCUT2D eigenvalue weighted by atomic mass is 16.7. The lowest BCUT2D eigenvalue weighted by Crippen LogP contribution is -2.43. The number of benzene rings is 2. The Labute approximate surface area is 161 Å². The molecule has 0 radical (unpaired) electrons. The van der Waals surface area contributed by atoms with E-state index in [4.69, 9.17) is 14.2 Å². The van der Waals surface area contributed by atoms with Gasteiger partial charge in [-0.2, -0.15) is 0 Å². The molecular formula is C22H28N2O3. The van der Waals surface area contributed by atoms with Crippen LogP contribution < -0.4 is 14.2 Å². The zero-order chi connectivity index (χ0) is 18.6. The Morgan fingerprint density at radius 2 is 1.78 bits per heavy atom. The van der Waals surface area contributed by atoms with Crippen molar-refractivity contribution >= 4 is 0 Å². The van der Waals surface area contributed by atoms with E-state index in [9.17, 15) is 0 Å². The molecule has 2 aliphatic heterocycles. The molecule has 2 heterocycles. The molecule has 0 N–H and O–H groups in total. The number of hydrogen-bond acceptors (Lipinski definition) is 5. The monoisotopic (exact) mass is 368 g/mol. The Morgan fingerprint density at radius 3 is 2.52 bits per heavy atom. The topological polar surface area (TPSA) is 34.2 Å². The maximum atomic E-state index is 6.50. The Bertz CT molecular complexity index is 758. The molecule has 144 valence electrons. The van der Waals surface area contributed by atoms with Gasteiger partial charge >= 0.3 is 0 Å². The molecule has 1 atom stereocenters. The summed E-state index contributed by atoms with van der Waals surface area (Å²) >= 11 is 0. The Morgan fingerprint density at radius 1 is 1.00 bits per heavy atom. The first-order valence-electron chi connectivity index (χ1n) is 9.78. The first kappa shape index (κ1) is 18.1. The molecule has 5 nitrogen and oxygen atoms in total. The van der Waals surface area contributed by atoms with E-state index in [1.807, 2.05) is 18.2 Å². The highest BCUT2D eigenvalue weighted by molar-refractivity contribution is 5.55. The van der Waals surface area contributed by atoms with Crippen molar-refractivity contribution in [2.24, 2.45) is 0 Å². The SMILES string of the molecule is CCC(Oc1ccc2c(c1CN1CCN(C)CC1)OCO2)c1ccccc1. The lowest BCUT2D eigenvalue weighted by Gasteiger charge is -2.33. The van der Waals surface area contributed by atoms with Crippen molar-refractivity contribution < 1.29 is 14.2 Å². The molecule has 1 fully saturated rings. The summed E-state index contributed by atoms with van der Waals surface area (Å²) < 4.78 is 17.9. The van der Waals surface area contributed by atoms with Crippen LogP contribution in [0.15, 0.2) is 42.5 Å². The number of nitrogens with zero attached hydrogens (tertiary/aromatic N) is 2. The second kappa shape index (κ2) is 8.19. The predicted molar refractivity (Wildman–Crippen MR) is 105 cm³/mol. The summed E-state index contributed by atoms with van der Waals surface area (Å²) in [6, 6.07) is 14.4. The van der Waals surface area contributed by atoms with Crippen molar-refractivity contribution in [2.75, 3.05) is 40.0 Å². The molecule has 27 heavy (non-hydrogen) atoms. The maximum absolute atomic E-state index is 6.50. The van der Waals surface area contributed by atoms with Gasteiger partial charge in [-0.3, -0.25) is 4.90 Å². The first-order valence-corrected chi connectivity index (χ1v) is 9.78. The summed E-state index contributed by atoms with van der Waals surface area (Å²) in [5, 5.41) is 0. The third-order valence-corrected chi connectivity index (χ3v) is 5.39.